The molecule has 5 rings (SSSR count). The van der Waals surface area contributed by atoms with Gasteiger partial charge in [0.05, 0.1) is 6.10 Å². The fourth-order valence-electron chi connectivity index (χ4n) is 7.36. The zero-order chi connectivity index (χ0) is 32.4. The van der Waals surface area contributed by atoms with Gasteiger partial charge in [-0.2, -0.15) is 0 Å². The molecule has 4 heteroatoms. The monoisotopic (exact) mass is 614 g/mol. The van der Waals surface area contributed by atoms with Crippen LogP contribution < -0.4 is 4.52 Å². The average molecular weight is 615 g/mol. The second-order valence-electron chi connectivity index (χ2n) is 16.3. The first kappa shape index (κ1) is 32.9. The van der Waals surface area contributed by atoms with Crippen LogP contribution in [-0.4, -0.2) is 6.10 Å². The Kier molecular flexibility index (Phi) is 8.75. The van der Waals surface area contributed by atoms with E-state index in [-0.39, 0.29) is 22.3 Å². The summed E-state index contributed by atoms with van der Waals surface area (Å²) in [6.07, 6.45) is 3.37. The Hall–Kier alpha value is -2.48. The zero-order valence-electron chi connectivity index (χ0n) is 29.6. The van der Waals surface area contributed by atoms with Gasteiger partial charge in [0.2, 0.25) is 0 Å². The molecule has 3 nitrogen and oxygen atoms in total. The normalized spacial score (nSPS) is 20.0. The van der Waals surface area contributed by atoms with Crippen molar-refractivity contribution in [1.29, 1.82) is 0 Å². The predicted molar refractivity (Wildman–Crippen MR) is 189 cm³/mol. The smallest absolute Gasteiger partial charge is 0.387 e. The lowest BCUT2D eigenvalue weighted by Gasteiger charge is -2.43. The SMILES string of the molecule is Cc1cc(C(C)(C)C)c2op(O[C@@H]3C[C@H](C)CC[C@H]3C(C)(C)c3ccccc3)oc3c(C(C)(C)C)cc(C)c(C)c3c2c1C. The standard InChI is InChI=1S/C40H55O3P/c1-24-19-20-30(40(12,13)29-17-15-14-16-18-29)33(21-24)41-44-42-36-31(38(6,7)8)22-25(2)27(4)34(36)35-28(5)26(3)23-32(37(35)43-44)39(9,10)11/h14-18,22-24,30,33H,19-21H2,1-13H3/t24-,30-,33-/m1/s1. The van der Waals surface area contributed by atoms with Gasteiger partial charge in [-0.3, -0.25) is 4.52 Å². The number of hydrogen-bond acceptors (Lipinski definition) is 3. The summed E-state index contributed by atoms with van der Waals surface area (Å²) in [5.74, 6) is 0.941. The molecule has 1 aromatic heterocycles. The lowest BCUT2D eigenvalue weighted by atomic mass is 9.64. The number of aryl methyl sites for hydroxylation is 4. The second kappa shape index (κ2) is 11.7. The fourth-order valence-corrected chi connectivity index (χ4v) is 8.62. The maximum absolute atomic E-state index is 7.21. The van der Waals surface area contributed by atoms with Crippen molar-refractivity contribution in [2.24, 2.45) is 11.8 Å². The highest BCUT2D eigenvalue weighted by atomic mass is 31.1. The van der Waals surface area contributed by atoms with E-state index in [9.17, 15) is 0 Å². The van der Waals surface area contributed by atoms with Gasteiger partial charge in [-0.25, -0.2) is 0 Å². The highest BCUT2D eigenvalue weighted by molar-refractivity contribution is 7.31. The summed E-state index contributed by atoms with van der Waals surface area (Å²) in [5.41, 5.74) is 10.4. The fraction of sp³-hybridized carbons (Fsp3) is 0.550. The van der Waals surface area contributed by atoms with Crippen LogP contribution >= 0.6 is 8.24 Å². The van der Waals surface area contributed by atoms with Gasteiger partial charge >= 0.3 is 8.24 Å². The quantitative estimate of drug-likeness (QED) is 0.229. The molecule has 1 aliphatic carbocycles. The molecule has 0 N–H and O–H groups in total. The minimum absolute atomic E-state index is 0.0272. The maximum Gasteiger partial charge on any atom is 0.387 e. The summed E-state index contributed by atoms with van der Waals surface area (Å²) >= 11 is 0. The van der Waals surface area contributed by atoms with Gasteiger partial charge in [0.1, 0.15) is 11.2 Å². The van der Waals surface area contributed by atoms with Crippen LogP contribution in [0, 0.1) is 39.5 Å². The Balaban J connectivity index is 1.85. The highest BCUT2D eigenvalue weighted by Gasteiger charge is 2.42. The summed E-state index contributed by atoms with van der Waals surface area (Å²) < 4.78 is 21.5. The largest absolute Gasteiger partial charge is 0.399 e. The van der Waals surface area contributed by atoms with Gasteiger partial charge in [-0.05, 0) is 96.4 Å². The van der Waals surface area contributed by atoms with Crippen LogP contribution in [0.4, 0.5) is 0 Å². The van der Waals surface area contributed by atoms with Crippen LogP contribution in [0.5, 0.6) is 0 Å². The summed E-state index contributed by atoms with van der Waals surface area (Å²) in [6.45, 7) is 29.7. The van der Waals surface area contributed by atoms with Crippen LogP contribution in [0.2, 0.25) is 0 Å². The Morgan fingerprint density at radius 3 is 1.64 bits per heavy atom. The summed E-state index contributed by atoms with van der Waals surface area (Å²) in [6, 6.07) is 15.6. The average Bonchev–Trinajstić information content (AvgIpc) is 3.09. The maximum atomic E-state index is 7.21. The Labute approximate surface area is 267 Å². The van der Waals surface area contributed by atoms with Crippen LogP contribution in [-0.2, 0) is 16.2 Å². The third-order valence-electron chi connectivity index (χ3n) is 10.5. The van der Waals surface area contributed by atoms with Crippen LogP contribution in [0.3, 0.4) is 0 Å². The van der Waals surface area contributed by atoms with E-state index in [0.29, 0.717) is 11.8 Å². The predicted octanol–water partition coefficient (Wildman–Crippen LogP) is 12.3. The van der Waals surface area contributed by atoms with Crippen molar-refractivity contribution in [3.8, 4) is 0 Å². The van der Waals surface area contributed by atoms with Crippen LogP contribution in [0.15, 0.2) is 50.9 Å². The molecule has 0 spiro atoms. The van der Waals surface area contributed by atoms with Crippen LogP contribution in [0.1, 0.15) is 121 Å². The molecule has 3 aromatic carbocycles. The van der Waals surface area contributed by atoms with Crippen molar-refractivity contribution in [2.45, 2.75) is 132 Å². The zero-order valence-corrected chi connectivity index (χ0v) is 30.5. The number of rotatable bonds is 4. The van der Waals surface area contributed by atoms with Gasteiger partial charge < -0.3 is 8.39 Å². The molecule has 0 radical (unpaired) electrons. The molecule has 0 bridgehead atoms. The van der Waals surface area contributed by atoms with Crippen molar-refractivity contribution >= 4 is 30.2 Å². The third kappa shape index (κ3) is 6.04. The Bertz CT molecular complexity index is 1630. The lowest BCUT2D eigenvalue weighted by molar-refractivity contribution is 0.0591. The topological polar surface area (TPSA) is 35.5 Å². The Morgan fingerprint density at radius 2 is 1.18 bits per heavy atom. The molecule has 44 heavy (non-hydrogen) atoms. The first-order valence-corrected chi connectivity index (χ1v) is 17.7. The number of hydrogen-bond donors (Lipinski definition) is 0. The first-order chi connectivity index (χ1) is 20.4. The molecular weight excluding hydrogens is 559 g/mol. The van der Waals surface area contributed by atoms with E-state index >= 15 is 0 Å². The highest BCUT2D eigenvalue weighted by Crippen LogP contribution is 2.49. The number of fused-ring (bicyclic) bond motifs is 3. The first-order valence-electron chi connectivity index (χ1n) is 16.6. The molecular formula is C40H55O3P. The van der Waals surface area contributed by atoms with Gasteiger partial charge in [0.25, 0.3) is 0 Å². The number of benzene rings is 3. The van der Waals surface area contributed by atoms with Gasteiger partial charge in [0.15, 0.2) is 0 Å². The molecule has 1 aliphatic rings. The van der Waals surface area contributed by atoms with Gasteiger partial charge in [-0.1, -0.05) is 111 Å². The molecule has 0 saturated heterocycles. The van der Waals surface area contributed by atoms with Crippen LogP contribution in [0.25, 0.3) is 21.9 Å². The van der Waals surface area contributed by atoms with Crippen molar-refractivity contribution in [3.05, 3.63) is 81.4 Å². The second-order valence-corrected chi connectivity index (χ2v) is 17.3. The molecule has 3 atom stereocenters. The molecule has 238 valence electrons. The third-order valence-corrected chi connectivity index (χ3v) is 11.6. The van der Waals surface area contributed by atoms with Gasteiger partial charge in [-0.15, -0.1) is 0 Å². The summed E-state index contributed by atoms with van der Waals surface area (Å²) in [7, 11) is -1.73. The van der Waals surface area contributed by atoms with E-state index in [4.69, 9.17) is 12.9 Å². The summed E-state index contributed by atoms with van der Waals surface area (Å²) in [5, 5.41) is 2.34. The molecule has 0 amide bonds. The van der Waals surface area contributed by atoms with Crippen molar-refractivity contribution < 1.29 is 12.9 Å². The van der Waals surface area contributed by atoms with Crippen molar-refractivity contribution in [2.75, 3.05) is 0 Å². The van der Waals surface area contributed by atoms with E-state index in [1.807, 2.05) is 0 Å². The van der Waals surface area contributed by atoms with Gasteiger partial charge in [0, 0.05) is 21.9 Å². The van der Waals surface area contributed by atoms with E-state index in [1.54, 1.807) is 0 Å². The lowest BCUT2D eigenvalue weighted by Crippen LogP contribution is -2.43. The molecule has 1 saturated carbocycles. The molecule has 0 aliphatic heterocycles. The van der Waals surface area contributed by atoms with E-state index in [1.165, 1.54) is 56.1 Å². The molecule has 1 heterocycles. The van der Waals surface area contributed by atoms with E-state index < -0.39 is 8.24 Å². The van der Waals surface area contributed by atoms with E-state index in [2.05, 4.69) is 132 Å². The summed E-state index contributed by atoms with van der Waals surface area (Å²) in [4.78, 5) is 0. The Morgan fingerprint density at radius 1 is 0.705 bits per heavy atom. The molecule has 1 fully saturated rings. The minimum Gasteiger partial charge on any atom is -0.399 e. The van der Waals surface area contributed by atoms with Crippen molar-refractivity contribution in [1.82, 2.24) is 0 Å². The molecule has 0 unspecified atom stereocenters. The van der Waals surface area contributed by atoms with Crippen molar-refractivity contribution in [3.63, 3.8) is 0 Å². The minimum atomic E-state index is -1.73. The van der Waals surface area contributed by atoms with E-state index in [0.717, 1.165) is 24.0 Å². The molecule has 4 aromatic rings.